The Morgan fingerprint density at radius 2 is 0.909 bits per heavy atom. The summed E-state index contributed by atoms with van der Waals surface area (Å²) in [6, 6.07) is 18.1. The molecule has 0 radical (unpaired) electrons. The van der Waals surface area contributed by atoms with E-state index in [1.54, 1.807) is 24.3 Å². The highest BCUT2D eigenvalue weighted by Crippen LogP contribution is 2.49. The van der Waals surface area contributed by atoms with E-state index in [0.29, 0.717) is 18.1 Å². The van der Waals surface area contributed by atoms with Crippen molar-refractivity contribution in [1.82, 2.24) is 0 Å². The lowest BCUT2D eigenvalue weighted by Crippen LogP contribution is -2.06. The molecule has 0 atom stereocenters. The molecule has 0 bridgehead atoms. The molecule has 0 heterocycles. The summed E-state index contributed by atoms with van der Waals surface area (Å²) in [4.78, 5) is 0. The first-order valence-corrected chi connectivity index (χ1v) is 14.4. The molecule has 0 fully saturated rings. The van der Waals surface area contributed by atoms with Crippen molar-refractivity contribution in [2.75, 3.05) is 6.61 Å². The lowest BCUT2D eigenvalue weighted by molar-refractivity contribution is 0.205. The average Bonchev–Trinajstić information content (AvgIpc) is 2.83. The van der Waals surface area contributed by atoms with Crippen molar-refractivity contribution in [1.29, 1.82) is 0 Å². The minimum absolute atomic E-state index is 0.356. The van der Waals surface area contributed by atoms with Gasteiger partial charge in [-0.2, -0.15) is 0 Å². The van der Waals surface area contributed by atoms with Gasteiger partial charge in [-0.3, -0.25) is 4.52 Å². The molecule has 4 nitrogen and oxygen atoms in total. The van der Waals surface area contributed by atoms with E-state index in [1.165, 1.54) is 77.0 Å². The van der Waals surface area contributed by atoms with Gasteiger partial charge in [-0.05, 0) is 30.7 Å². The van der Waals surface area contributed by atoms with E-state index in [4.69, 9.17) is 13.6 Å². The number of benzene rings is 2. The maximum Gasteiger partial charge on any atom is 0.587 e. The summed E-state index contributed by atoms with van der Waals surface area (Å²) in [6.45, 7) is 2.63. The van der Waals surface area contributed by atoms with Gasteiger partial charge in [-0.15, -0.1) is 0 Å². The maximum absolute atomic E-state index is 13.2. The zero-order valence-electron chi connectivity index (χ0n) is 20.5. The van der Waals surface area contributed by atoms with E-state index in [1.807, 2.05) is 36.4 Å². The molecule has 2 aromatic rings. The highest BCUT2D eigenvalue weighted by atomic mass is 31.2. The van der Waals surface area contributed by atoms with E-state index in [2.05, 4.69) is 6.92 Å². The van der Waals surface area contributed by atoms with E-state index in [9.17, 15) is 4.57 Å². The van der Waals surface area contributed by atoms with Crippen molar-refractivity contribution in [3.63, 3.8) is 0 Å². The third-order valence-electron chi connectivity index (χ3n) is 5.67. The molecule has 0 aliphatic heterocycles. The molecule has 0 aromatic heterocycles. The summed E-state index contributed by atoms with van der Waals surface area (Å²) in [5.41, 5.74) is 0. The molecule has 2 rings (SSSR count). The molecule has 184 valence electrons. The smallest absolute Gasteiger partial charge is 0.395 e. The Hall–Kier alpha value is -1.77. The van der Waals surface area contributed by atoms with Gasteiger partial charge in [0.25, 0.3) is 0 Å². The van der Waals surface area contributed by atoms with Crippen LogP contribution in [-0.2, 0) is 9.09 Å². The first-order chi connectivity index (χ1) is 16.2. The normalized spacial score (nSPS) is 11.4. The minimum Gasteiger partial charge on any atom is -0.395 e. The van der Waals surface area contributed by atoms with Crippen LogP contribution >= 0.6 is 7.82 Å². The molecular weight excluding hydrogens is 431 g/mol. The van der Waals surface area contributed by atoms with Gasteiger partial charge >= 0.3 is 7.82 Å². The Kier molecular flexibility index (Phi) is 14.7. The molecule has 2 aromatic carbocycles. The van der Waals surface area contributed by atoms with Crippen LogP contribution < -0.4 is 9.05 Å². The number of para-hydroxylation sites is 2. The Morgan fingerprint density at radius 3 is 1.30 bits per heavy atom. The second kappa shape index (κ2) is 17.7. The highest BCUT2D eigenvalue weighted by Gasteiger charge is 2.30. The first-order valence-electron chi connectivity index (χ1n) is 13.0. The van der Waals surface area contributed by atoms with Gasteiger partial charge in [-0.1, -0.05) is 127 Å². The van der Waals surface area contributed by atoms with Crippen molar-refractivity contribution in [2.45, 2.75) is 96.8 Å². The van der Waals surface area contributed by atoms with Crippen LogP contribution in [0.25, 0.3) is 0 Å². The molecule has 0 aliphatic rings. The van der Waals surface area contributed by atoms with E-state index in [0.717, 1.165) is 12.8 Å². The van der Waals surface area contributed by atoms with Crippen molar-refractivity contribution in [3.05, 3.63) is 60.7 Å². The zero-order valence-corrected chi connectivity index (χ0v) is 21.4. The zero-order chi connectivity index (χ0) is 23.5. The second-order valence-electron chi connectivity index (χ2n) is 8.69. The molecule has 0 aliphatic carbocycles. The van der Waals surface area contributed by atoms with Gasteiger partial charge in [0, 0.05) is 0 Å². The van der Waals surface area contributed by atoms with Crippen LogP contribution in [0.2, 0.25) is 0 Å². The predicted octanol–water partition coefficient (Wildman–Crippen LogP) is 9.75. The number of rotatable bonds is 20. The van der Waals surface area contributed by atoms with Gasteiger partial charge in [0.05, 0.1) is 6.61 Å². The third-order valence-corrected chi connectivity index (χ3v) is 7.04. The fourth-order valence-electron chi connectivity index (χ4n) is 3.77. The topological polar surface area (TPSA) is 44.8 Å². The Morgan fingerprint density at radius 1 is 0.545 bits per heavy atom. The summed E-state index contributed by atoms with van der Waals surface area (Å²) >= 11 is 0. The highest BCUT2D eigenvalue weighted by molar-refractivity contribution is 7.49. The summed E-state index contributed by atoms with van der Waals surface area (Å²) in [7, 11) is -3.75. The molecule has 5 heteroatoms. The Balaban J connectivity index is 1.56. The van der Waals surface area contributed by atoms with Crippen molar-refractivity contribution in [2.24, 2.45) is 0 Å². The van der Waals surface area contributed by atoms with Gasteiger partial charge in [0.15, 0.2) is 0 Å². The van der Waals surface area contributed by atoms with Crippen molar-refractivity contribution < 1.29 is 18.1 Å². The van der Waals surface area contributed by atoms with Gasteiger partial charge in [0.1, 0.15) is 11.5 Å². The van der Waals surface area contributed by atoms with E-state index in [-0.39, 0.29) is 0 Å². The summed E-state index contributed by atoms with van der Waals surface area (Å²) in [5, 5.41) is 0. The number of phosphoric ester groups is 1. The summed E-state index contributed by atoms with van der Waals surface area (Å²) in [6.07, 6.45) is 18.1. The largest absolute Gasteiger partial charge is 0.587 e. The maximum atomic E-state index is 13.2. The number of hydrogen-bond acceptors (Lipinski definition) is 4. The van der Waals surface area contributed by atoms with Crippen LogP contribution in [-0.4, -0.2) is 6.61 Å². The quantitative estimate of drug-likeness (QED) is 0.141. The van der Waals surface area contributed by atoms with E-state index >= 15 is 0 Å². The second-order valence-corrected chi connectivity index (χ2v) is 10.2. The van der Waals surface area contributed by atoms with Gasteiger partial charge < -0.3 is 9.05 Å². The SMILES string of the molecule is CCCCCCCCCCCCCCCCOP(=O)(Oc1ccccc1)Oc1ccccc1. The Bertz CT molecular complexity index is 706. The van der Waals surface area contributed by atoms with Crippen LogP contribution in [0.1, 0.15) is 96.8 Å². The van der Waals surface area contributed by atoms with Crippen LogP contribution in [0.4, 0.5) is 0 Å². The number of unbranched alkanes of at least 4 members (excludes halogenated alkanes) is 13. The number of phosphoric acid groups is 1. The average molecular weight is 475 g/mol. The first kappa shape index (κ1) is 27.5. The lowest BCUT2D eigenvalue weighted by Gasteiger charge is -2.19. The lowest BCUT2D eigenvalue weighted by atomic mass is 10.0. The van der Waals surface area contributed by atoms with Crippen LogP contribution in [0.5, 0.6) is 11.5 Å². The molecule has 0 N–H and O–H groups in total. The summed E-state index contributed by atoms with van der Waals surface area (Å²) in [5.74, 6) is 0.940. The number of hydrogen-bond donors (Lipinski definition) is 0. The van der Waals surface area contributed by atoms with Crippen molar-refractivity contribution >= 4 is 7.82 Å². The van der Waals surface area contributed by atoms with Gasteiger partial charge in [-0.25, -0.2) is 4.57 Å². The standard InChI is InChI=1S/C28H43O4P/c1-2-3-4-5-6-7-8-9-10-11-12-13-14-21-26-30-33(29,31-27-22-17-15-18-23-27)32-28-24-19-16-20-25-28/h15-20,22-25H,2-14,21,26H2,1H3. The fourth-order valence-corrected chi connectivity index (χ4v) is 5.02. The summed E-state index contributed by atoms with van der Waals surface area (Å²) < 4.78 is 30.1. The Labute approximate surface area is 201 Å². The van der Waals surface area contributed by atoms with Crippen molar-refractivity contribution in [3.8, 4) is 11.5 Å². The van der Waals surface area contributed by atoms with Crippen LogP contribution in [0, 0.1) is 0 Å². The van der Waals surface area contributed by atoms with Crippen LogP contribution in [0.3, 0.4) is 0 Å². The fraction of sp³-hybridized carbons (Fsp3) is 0.571. The molecule has 0 saturated heterocycles. The third kappa shape index (κ3) is 13.5. The molecule has 0 unspecified atom stereocenters. The molecule has 33 heavy (non-hydrogen) atoms. The minimum atomic E-state index is -3.75. The molecule has 0 saturated carbocycles. The van der Waals surface area contributed by atoms with E-state index < -0.39 is 7.82 Å². The molecule has 0 amide bonds. The predicted molar refractivity (Wildman–Crippen MR) is 138 cm³/mol. The monoisotopic (exact) mass is 474 g/mol. The molecule has 0 spiro atoms. The van der Waals surface area contributed by atoms with Gasteiger partial charge in [0.2, 0.25) is 0 Å². The molecular formula is C28H43O4P. The van der Waals surface area contributed by atoms with Crippen LogP contribution in [0.15, 0.2) is 60.7 Å².